The fourth-order valence-electron chi connectivity index (χ4n) is 2.74. The van der Waals surface area contributed by atoms with Crippen LogP contribution in [0, 0.1) is 6.92 Å². The molecule has 1 atom stereocenters. The Kier molecular flexibility index (Phi) is 2.70. The molecule has 0 bridgehead atoms. The first kappa shape index (κ1) is 10.3. The number of aryl methyl sites for hydroxylation is 1. The first-order chi connectivity index (χ1) is 7.83. The van der Waals surface area contributed by atoms with Crippen LogP contribution < -0.4 is 5.32 Å². The van der Waals surface area contributed by atoms with Crippen LogP contribution in [0.1, 0.15) is 29.2 Å². The zero-order chi connectivity index (χ0) is 11.0. The van der Waals surface area contributed by atoms with Crippen LogP contribution in [0.25, 0.3) is 0 Å². The fourth-order valence-corrected chi connectivity index (χ4v) is 2.74. The summed E-state index contributed by atoms with van der Waals surface area (Å²) in [7, 11) is 0. The van der Waals surface area contributed by atoms with Crippen molar-refractivity contribution in [2.24, 2.45) is 0 Å². The van der Waals surface area contributed by atoms with Crippen LogP contribution in [0.5, 0.6) is 0 Å². The lowest BCUT2D eigenvalue weighted by atomic mass is 9.92. The van der Waals surface area contributed by atoms with Gasteiger partial charge < -0.3 is 10.2 Å². The molecule has 2 heteroatoms. The summed E-state index contributed by atoms with van der Waals surface area (Å²) >= 11 is 0. The average molecular weight is 216 g/mol. The molecule has 0 spiro atoms. The molecule has 2 nitrogen and oxygen atoms in total. The van der Waals surface area contributed by atoms with Crippen molar-refractivity contribution >= 4 is 0 Å². The number of fused-ring (bicyclic) bond motifs is 1. The van der Waals surface area contributed by atoms with Gasteiger partial charge in [-0.2, -0.15) is 0 Å². The minimum absolute atomic E-state index is 0.559. The van der Waals surface area contributed by atoms with Crippen molar-refractivity contribution in [3.05, 3.63) is 34.9 Å². The van der Waals surface area contributed by atoms with Gasteiger partial charge in [-0.1, -0.05) is 23.8 Å². The summed E-state index contributed by atoms with van der Waals surface area (Å²) in [6.45, 7) is 7.10. The molecular formula is C14H20N2. The summed E-state index contributed by atoms with van der Waals surface area (Å²) in [5, 5.41) is 3.66. The van der Waals surface area contributed by atoms with Gasteiger partial charge in [-0.15, -0.1) is 0 Å². The minimum Gasteiger partial charge on any atom is -0.309 e. The van der Waals surface area contributed by atoms with Crippen molar-refractivity contribution in [1.29, 1.82) is 0 Å². The van der Waals surface area contributed by atoms with Crippen molar-refractivity contribution in [1.82, 2.24) is 10.2 Å². The predicted octanol–water partition coefficient (Wildman–Crippen LogP) is 1.89. The fraction of sp³-hybridized carbons (Fsp3) is 0.571. The first-order valence-electron chi connectivity index (χ1n) is 6.38. The van der Waals surface area contributed by atoms with E-state index < -0.39 is 0 Å². The Morgan fingerprint density at radius 1 is 1.38 bits per heavy atom. The molecule has 0 aliphatic carbocycles. The normalized spacial score (nSPS) is 24.9. The Bertz CT molecular complexity index is 382. The summed E-state index contributed by atoms with van der Waals surface area (Å²) in [5.41, 5.74) is 4.48. The van der Waals surface area contributed by atoms with E-state index in [-0.39, 0.29) is 0 Å². The first-order valence-corrected chi connectivity index (χ1v) is 6.38. The van der Waals surface area contributed by atoms with Gasteiger partial charge in [0.25, 0.3) is 0 Å². The van der Waals surface area contributed by atoms with E-state index in [0.717, 1.165) is 6.54 Å². The second kappa shape index (κ2) is 4.19. The molecule has 1 aromatic carbocycles. The summed E-state index contributed by atoms with van der Waals surface area (Å²) in [6.07, 6.45) is 2.57. The molecule has 3 rings (SSSR count). The summed E-state index contributed by atoms with van der Waals surface area (Å²) in [6, 6.07) is 7.48. The maximum absolute atomic E-state index is 3.66. The van der Waals surface area contributed by atoms with Gasteiger partial charge in [0, 0.05) is 12.6 Å². The third kappa shape index (κ3) is 1.87. The van der Waals surface area contributed by atoms with Gasteiger partial charge in [0.1, 0.15) is 0 Å². The third-order valence-corrected chi connectivity index (χ3v) is 3.85. The van der Waals surface area contributed by atoms with Crippen LogP contribution >= 0.6 is 0 Å². The topological polar surface area (TPSA) is 15.3 Å². The number of likely N-dealkylation sites (tertiary alicyclic amines) is 1. The molecule has 16 heavy (non-hydrogen) atoms. The molecule has 0 aromatic heterocycles. The van der Waals surface area contributed by atoms with Crippen LogP contribution in [-0.4, -0.2) is 31.1 Å². The summed E-state index contributed by atoms with van der Waals surface area (Å²) < 4.78 is 0. The van der Waals surface area contributed by atoms with Crippen LogP contribution in [-0.2, 0) is 6.42 Å². The highest BCUT2D eigenvalue weighted by Gasteiger charge is 2.24. The number of hydrogen-bond donors (Lipinski definition) is 1. The van der Waals surface area contributed by atoms with Crippen molar-refractivity contribution < 1.29 is 0 Å². The lowest BCUT2D eigenvalue weighted by molar-refractivity contribution is 0.159. The molecule has 1 aromatic rings. The van der Waals surface area contributed by atoms with Crippen molar-refractivity contribution in [3.63, 3.8) is 0 Å². The number of nitrogens with one attached hydrogen (secondary N) is 1. The van der Waals surface area contributed by atoms with Crippen molar-refractivity contribution in [3.8, 4) is 0 Å². The van der Waals surface area contributed by atoms with Gasteiger partial charge in [-0.25, -0.2) is 0 Å². The van der Waals surface area contributed by atoms with Crippen molar-refractivity contribution in [2.75, 3.05) is 26.2 Å². The molecule has 2 aliphatic heterocycles. The molecule has 0 saturated carbocycles. The lowest BCUT2D eigenvalue weighted by Crippen LogP contribution is -2.44. The van der Waals surface area contributed by atoms with Gasteiger partial charge in [0.15, 0.2) is 0 Å². The predicted molar refractivity (Wildman–Crippen MR) is 66.7 cm³/mol. The van der Waals surface area contributed by atoms with E-state index in [1.165, 1.54) is 43.6 Å². The second-order valence-electron chi connectivity index (χ2n) is 5.11. The Labute approximate surface area is 97.6 Å². The maximum Gasteiger partial charge on any atom is 0.0452 e. The molecule has 1 saturated heterocycles. The molecule has 0 amide bonds. The van der Waals surface area contributed by atoms with Gasteiger partial charge in [0.2, 0.25) is 0 Å². The zero-order valence-corrected chi connectivity index (χ0v) is 10.00. The molecule has 2 heterocycles. The number of rotatable bonds is 2. The number of hydrogen-bond acceptors (Lipinski definition) is 2. The SMILES string of the molecule is Cc1ccc2c(c1)C(CN1CCC1)NCC2. The van der Waals surface area contributed by atoms with Gasteiger partial charge in [-0.05, 0) is 50.5 Å². The maximum atomic E-state index is 3.66. The number of benzene rings is 1. The molecule has 1 fully saturated rings. The van der Waals surface area contributed by atoms with Crippen LogP contribution in [0.2, 0.25) is 0 Å². The Balaban J connectivity index is 1.83. The van der Waals surface area contributed by atoms with E-state index in [1.807, 2.05) is 0 Å². The Morgan fingerprint density at radius 3 is 3.00 bits per heavy atom. The summed E-state index contributed by atoms with van der Waals surface area (Å²) in [4.78, 5) is 2.55. The summed E-state index contributed by atoms with van der Waals surface area (Å²) in [5.74, 6) is 0. The van der Waals surface area contributed by atoms with Gasteiger partial charge in [0.05, 0.1) is 0 Å². The van der Waals surface area contributed by atoms with Gasteiger partial charge >= 0.3 is 0 Å². The minimum atomic E-state index is 0.559. The molecule has 1 unspecified atom stereocenters. The van der Waals surface area contributed by atoms with E-state index >= 15 is 0 Å². The highest BCUT2D eigenvalue weighted by Crippen LogP contribution is 2.25. The standard InChI is InChI=1S/C14H20N2/c1-11-3-4-12-5-6-15-14(13(12)9-11)10-16-7-2-8-16/h3-4,9,14-15H,2,5-8,10H2,1H3. The van der Waals surface area contributed by atoms with Crippen LogP contribution in [0.3, 0.4) is 0 Å². The van der Waals surface area contributed by atoms with E-state index in [0.29, 0.717) is 6.04 Å². The second-order valence-corrected chi connectivity index (χ2v) is 5.11. The number of nitrogens with zero attached hydrogens (tertiary/aromatic N) is 1. The smallest absolute Gasteiger partial charge is 0.0452 e. The average Bonchev–Trinajstić information content (AvgIpc) is 2.23. The third-order valence-electron chi connectivity index (χ3n) is 3.85. The highest BCUT2D eigenvalue weighted by molar-refractivity contribution is 5.36. The van der Waals surface area contributed by atoms with Crippen LogP contribution in [0.15, 0.2) is 18.2 Å². The lowest BCUT2D eigenvalue weighted by Gasteiger charge is -2.37. The van der Waals surface area contributed by atoms with Gasteiger partial charge in [-0.3, -0.25) is 0 Å². The molecule has 2 aliphatic rings. The van der Waals surface area contributed by atoms with E-state index in [4.69, 9.17) is 0 Å². The van der Waals surface area contributed by atoms with Crippen LogP contribution in [0.4, 0.5) is 0 Å². The molecule has 86 valence electrons. The Morgan fingerprint density at radius 2 is 2.25 bits per heavy atom. The van der Waals surface area contributed by atoms with Crippen molar-refractivity contribution in [2.45, 2.75) is 25.8 Å². The highest BCUT2D eigenvalue weighted by atomic mass is 15.2. The molecule has 0 radical (unpaired) electrons. The quantitative estimate of drug-likeness (QED) is 0.812. The van der Waals surface area contributed by atoms with E-state index in [1.54, 1.807) is 5.56 Å². The monoisotopic (exact) mass is 216 g/mol. The zero-order valence-electron chi connectivity index (χ0n) is 10.00. The van der Waals surface area contributed by atoms with E-state index in [2.05, 4.69) is 35.3 Å². The Hall–Kier alpha value is -0.860. The largest absolute Gasteiger partial charge is 0.309 e. The molecular weight excluding hydrogens is 196 g/mol. The van der Waals surface area contributed by atoms with E-state index in [9.17, 15) is 0 Å². The molecule has 1 N–H and O–H groups in total.